The molecule has 1 aromatic heterocycles. The highest BCUT2D eigenvalue weighted by atomic mass is 16.2. The number of amides is 1. The van der Waals surface area contributed by atoms with Crippen molar-refractivity contribution in [2.75, 3.05) is 0 Å². The van der Waals surface area contributed by atoms with Crippen LogP contribution in [0.1, 0.15) is 48.5 Å². The third kappa shape index (κ3) is 6.16. The summed E-state index contributed by atoms with van der Waals surface area (Å²) in [5, 5.41) is 4.10. The van der Waals surface area contributed by atoms with Gasteiger partial charge in [0.15, 0.2) is 0 Å². The number of carbonyl (C=O) groups is 1. The number of nitrogens with one attached hydrogen (secondary N) is 1. The quantitative estimate of drug-likeness (QED) is 0.443. The second kappa shape index (κ2) is 10.1. The second-order valence-electron chi connectivity index (χ2n) is 5.53. The minimum absolute atomic E-state index is 0.257. The van der Waals surface area contributed by atoms with E-state index in [1.54, 1.807) is 24.5 Å². The number of carbonyl (C=O) groups excluding carboxylic acids is 1. The lowest BCUT2D eigenvalue weighted by molar-refractivity contribution is 0.0955. The molecule has 2 rings (SSSR count). The van der Waals surface area contributed by atoms with Crippen LogP contribution in [0.3, 0.4) is 0 Å². The summed E-state index contributed by atoms with van der Waals surface area (Å²) in [5.41, 5.74) is 5.28. The van der Waals surface area contributed by atoms with E-state index in [9.17, 15) is 4.79 Å². The smallest absolute Gasteiger partial charge is 0.267 e. The van der Waals surface area contributed by atoms with Gasteiger partial charge in [-0.15, -0.1) is 0 Å². The topological polar surface area (TPSA) is 54.4 Å². The largest absolute Gasteiger partial charge is 0.272 e. The van der Waals surface area contributed by atoms with Crippen LogP contribution < -0.4 is 5.43 Å². The molecule has 0 aliphatic heterocycles. The standard InChI is InChI=1S/C20H23N3O/c1-2-3-5-11-18(14-17-9-6-4-7-10-17)15-22-23-20(24)19-12-8-13-21-16-19/h4,6-10,12-16H,2-3,5,11H2,1H3,(H,23,24)/b18-14+,22-15-. The van der Waals surface area contributed by atoms with E-state index in [0.29, 0.717) is 5.56 Å². The summed E-state index contributed by atoms with van der Waals surface area (Å²) < 4.78 is 0. The van der Waals surface area contributed by atoms with Gasteiger partial charge in [0.25, 0.3) is 5.91 Å². The van der Waals surface area contributed by atoms with Crippen molar-refractivity contribution in [2.24, 2.45) is 5.10 Å². The Morgan fingerprint density at radius 3 is 2.71 bits per heavy atom. The summed E-state index contributed by atoms with van der Waals surface area (Å²) in [4.78, 5) is 15.9. The monoisotopic (exact) mass is 321 g/mol. The fourth-order valence-corrected chi connectivity index (χ4v) is 2.25. The summed E-state index contributed by atoms with van der Waals surface area (Å²) in [5.74, 6) is -0.257. The second-order valence-corrected chi connectivity index (χ2v) is 5.53. The first kappa shape index (κ1) is 17.6. The van der Waals surface area contributed by atoms with Gasteiger partial charge in [-0.05, 0) is 36.1 Å². The lowest BCUT2D eigenvalue weighted by atomic mass is 10.1. The molecule has 0 bridgehead atoms. The van der Waals surface area contributed by atoms with Crippen LogP contribution in [0.25, 0.3) is 6.08 Å². The fourth-order valence-electron chi connectivity index (χ4n) is 2.25. The molecule has 0 fully saturated rings. The molecule has 2 aromatic rings. The number of benzene rings is 1. The zero-order chi connectivity index (χ0) is 17.0. The first-order chi connectivity index (χ1) is 11.8. The van der Waals surface area contributed by atoms with Crippen molar-refractivity contribution in [3.05, 3.63) is 71.6 Å². The average Bonchev–Trinajstić information content (AvgIpc) is 2.63. The maximum absolute atomic E-state index is 12.0. The molecule has 0 spiro atoms. The number of allylic oxidation sites excluding steroid dienone is 1. The number of hydrogen-bond acceptors (Lipinski definition) is 3. The molecular weight excluding hydrogens is 298 g/mol. The Morgan fingerprint density at radius 2 is 2.00 bits per heavy atom. The van der Waals surface area contributed by atoms with Gasteiger partial charge in [0.1, 0.15) is 0 Å². The number of hydrogen-bond donors (Lipinski definition) is 1. The van der Waals surface area contributed by atoms with Crippen LogP contribution in [0.4, 0.5) is 0 Å². The van der Waals surface area contributed by atoms with Crippen LogP contribution in [0, 0.1) is 0 Å². The molecule has 0 unspecified atom stereocenters. The lowest BCUT2D eigenvalue weighted by Crippen LogP contribution is -2.17. The highest BCUT2D eigenvalue weighted by molar-refractivity contribution is 5.94. The van der Waals surface area contributed by atoms with Gasteiger partial charge in [-0.2, -0.15) is 5.10 Å². The number of nitrogens with zero attached hydrogens (tertiary/aromatic N) is 2. The summed E-state index contributed by atoms with van der Waals surface area (Å²) in [6.45, 7) is 2.18. The third-order valence-corrected chi connectivity index (χ3v) is 3.54. The Labute approximate surface area is 143 Å². The molecule has 24 heavy (non-hydrogen) atoms. The Morgan fingerprint density at radius 1 is 1.17 bits per heavy atom. The van der Waals surface area contributed by atoms with E-state index in [4.69, 9.17) is 0 Å². The molecule has 0 radical (unpaired) electrons. The van der Waals surface area contributed by atoms with Gasteiger partial charge < -0.3 is 0 Å². The summed E-state index contributed by atoms with van der Waals surface area (Å²) in [6.07, 6.45) is 11.4. The number of hydrazone groups is 1. The van der Waals surface area contributed by atoms with Crippen LogP contribution in [0.15, 0.2) is 65.5 Å². The Kier molecular flexibility index (Phi) is 7.41. The van der Waals surface area contributed by atoms with Crippen molar-refractivity contribution in [2.45, 2.75) is 32.6 Å². The molecular formula is C20H23N3O. The van der Waals surface area contributed by atoms with E-state index in [1.165, 1.54) is 19.0 Å². The molecule has 0 atom stereocenters. The van der Waals surface area contributed by atoms with E-state index < -0.39 is 0 Å². The van der Waals surface area contributed by atoms with Crippen LogP contribution in [0.5, 0.6) is 0 Å². The van der Waals surface area contributed by atoms with E-state index >= 15 is 0 Å². The van der Waals surface area contributed by atoms with Crippen molar-refractivity contribution in [1.82, 2.24) is 10.4 Å². The van der Waals surface area contributed by atoms with Crippen molar-refractivity contribution >= 4 is 18.2 Å². The van der Waals surface area contributed by atoms with Gasteiger partial charge >= 0.3 is 0 Å². The molecule has 1 amide bonds. The van der Waals surface area contributed by atoms with Crippen molar-refractivity contribution in [3.8, 4) is 0 Å². The summed E-state index contributed by atoms with van der Waals surface area (Å²) >= 11 is 0. The van der Waals surface area contributed by atoms with Gasteiger partial charge in [-0.1, -0.05) is 56.2 Å². The fraction of sp³-hybridized carbons (Fsp3) is 0.250. The molecule has 4 nitrogen and oxygen atoms in total. The Hall–Kier alpha value is -2.75. The number of unbranched alkanes of at least 4 members (excludes halogenated alkanes) is 2. The molecule has 0 saturated heterocycles. The van der Waals surface area contributed by atoms with E-state index in [0.717, 1.165) is 24.0 Å². The van der Waals surface area contributed by atoms with E-state index in [-0.39, 0.29) is 5.91 Å². The first-order valence-electron chi connectivity index (χ1n) is 8.28. The van der Waals surface area contributed by atoms with Crippen LogP contribution >= 0.6 is 0 Å². The average molecular weight is 321 g/mol. The van der Waals surface area contributed by atoms with Gasteiger partial charge in [0.2, 0.25) is 0 Å². The summed E-state index contributed by atoms with van der Waals surface area (Å²) in [6, 6.07) is 13.6. The SMILES string of the molecule is CCCCCC(/C=N\NC(=O)c1cccnc1)=C\c1ccccc1. The zero-order valence-corrected chi connectivity index (χ0v) is 14.0. The van der Waals surface area contributed by atoms with Crippen LogP contribution in [-0.2, 0) is 0 Å². The minimum atomic E-state index is -0.257. The van der Waals surface area contributed by atoms with Gasteiger partial charge in [-0.25, -0.2) is 5.43 Å². The highest BCUT2D eigenvalue weighted by Gasteiger charge is 2.03. The zero-order valence-electron chi connectivity index (χ0n) is 14.0. The molecule has 0 saturated carbocycles. The normalized spacial score (nSPS) is 11.6. The lowest BCUT2D eigenvalue weighted by Gasteiger charge is -2.03. The van der Waals surface area contributed by atoms with Crippen LogP contribution in [-0.4, -0.2) is 17.1 Å². The molecule has 4 heteroatoms. The Bertz CT molecular complexity index is 679. The highest BCUT2D eigenvalue weighted by Crippen LogP contribution is 2.12. The van der Waals surface area contributed by atoms with Crippen molar-refractivity contribution in [3.63, 3.8) is 0 Å². The Balaban J connectivity index is 2.01. The first-order valence-corrected chi connectivity index (χ1v) is 8.28. The van der Waals surface area contributed by atoms with Gasteiger partial charge in [-0.3, -0.25) is 9.78 Å². The summed E-state index contributed by atoms with van der Waals surface area (Å²) in [7, 11) is 0. The van der Waals surface area contributed by atoms with Gasteiger partial charge in [0, 0.05) is 12.4 Å². The maximum atomic E-state index is 12.0. The maximum Gasteiger partial charge on any atom is 0.272 e. The van der Waals surface area contributed by atoms with Crippen LogP contribution in [0.2, 0.25) is 0 Å². The molecule has 1 aromatic carbocycles. The van der Waals surface area contributed by atoms with Crippen molar-refractivity contribution < 1.29 is 4.79 Å². The number of rotatable bonds is 8. The van der Waals surface area contributed by atoms with Crippen molar-refractivity contribution in [1.29, 1.82) is 0 Å². The molecule has 0 aliphatic rings. The molecule has 124 valence electrons. The van der Waals surface area contributed by atoms with E-state index in [2.05, 4.69) is 40.6 Å². The van der Waals surface area contributed by atoms with Gasteiger partial charge in [0.05, 0.1) is 11.8 Å². The number of pyridine rings is 1. The number of aromatic nitrogens is 1. The molecule has 1 N–H and O–H groups in total. The minimum Gasteiger partial charge on any atom is -0.267 e. The van der Waals surface area contributed by atoms with E-state index in [1.807, 2.05) is 18.2 Å². The molecule has 0 aliphatic carbocycles. The predicted octanol–water partition coefficient (Wildman–Crippen LogP) is 4.46. The predicted molar refractivity (Wildman–Crippen MR) is 98.8 cm³/mol. The molecule has 1 heterocycles. The third-order valence-electron chi connectivity index (χ3n) is 3.54.